The molecule has 1 atom stereocenters. The van der Waals surface area contributed by atoms with E-state index in [0.29, 0.717) is 12.8 Å². The SMILES string of the molecule is CC/C=C\C/C=C\CCCCCCCCCC(=O)OCC(COC(=O)CCCCCCC\C=C/C=C\C=C/C=C\C=C/CCC)OC(=O)CCCCCCC\C=C/C=C\C=C/C=C\C=C/CCC. The minimum absolute atomic E-state index is 0.108. The average molecular weight is 937 g/mol. The zero-order chi connectivity index (χ0) is 49.3. The summed E-state index contributed by atoms with van der Waals surface area (Å²) in [6.45, 7) is 6.29. The number of ether oxygens (including phenoxy) is 3. The minimum atomic E-state index is -0.813. The highest BCUT2D eigenvalue weighted by Gasteiger charge is 2.19. The summed E-state index contributed by atoms with van der Waals surface area (Å²) in [7, 11) is 0. The Balaban J connectivity index is 4.55. The maximum Gasteiger partial charge on any atom is 0.306 e. The van der Waals surface area contributed by atoms with E-state index in [4.69, 9.17) is 14.2 Å². The molecule has 0 aliphatic carbocycles. The van der Waals surface area contributed by atoms with Crippen LogP contribution < -0.4 is 0 Å². The fraction of sp³-hybridized carbons (Fsp3) is 0.565. The first kappa shape index (κ1) is 63.3. The molecule has 0 saturated heterocycles. The van der Waals surface area contributed by atoms with Crippen molar-refractivity contribution in [3.8, 4) is 0 Å². The maximum absolute atomic E-state index is 12.8. The van der Waals surface area contributed by atoms with Crippen LogP contribution in [0.3, 0.4) is 0 Å². The largest absolute Gasteiger partial charge is 0.462 e. The summed E-state index contributed by atoms with van der Waals surface area (Å²) >= 11 is 0. The number of carbonyl (C=O) groups is 3. The van der Waals surface area contributed by atoms with Crippen LogP contribution in [-0.2, 0) is 28.6 Å². The van der Waals surface area contributed by atoms with Gasteiger partial charge in [-0.1, -0.05) is 250 Å². The first-order valence-corrected chi connectivity index (χ1v) is 27.0. The Labute approximate surface area is 417 Å². The summed E-state index contributed by atoms with van der Waals surface area (Å²) in [6.07, 6.45) is 78.1. The molecule has 0 fully saturated rings. The summed E-state index contributed by atoms with van der Waals surface area (Å²) in [4.78, 5) is 38.1. The summed E-state index contributed by atoms with van der Waals surface area (Å²) in [5, 5.41) is 0. The monoisotopic (exact) mass is 937 g/mol. The number of unbranched alkanes of at least 4 members (excludes halogenated alkanes) is 19. The molecule has 1 unspecified atom stereocenters. The molecule has 0 radical (unpaired) electrons. The van der Waals surface area contributed by atoms with E-state index >= 15 is 0 Å². The lowest BCUT2D eigenvalue weighted by Gasteiger charge is -2.18. The van der Waals surface area contributed by atoms with Gasteiger partial charge in [-0.3, -0.25) is 14.4 Å². The predicted molar refractivity (Wildman–Crippen MR) is 292 cm³/mol. The van der Waals surface area contributed by atoms with Gasteiger partial charge in [0.05, 0.1) is 0 Å². The molecule has 0 aromatic rings. The number of allylic oxidation sites excluding steroid dienone is 24. The molecule has 0 amide bonds. The number of rotatable bonds is 46. The Hall–Kier alpha value is -4.71. The molecule has 6 heteroatoms. The molecule has 0 saturated carbocycles. The van der Waals surface area contributed by atoms with Gasteiger partial charge in [-0.2, -0.15) is 0 Å². The highest BCUT2D eigenvalue weighted by molar-refractivity contribution is 5.71. The van der Waals surface area contributed by atoms with E-state index in [1.165, 1.54) is 38.5 Å². The Bertz CT molecular complexity index is 1540. The lowest BCUT2D eigenvalue weighted by atomic mass is 10.1. The van der Waals surface area contributed by atoms with Crippen molar-refractivity contribution in [3.05, 3.63) is 146 Å². The van der Waals surface area contributed by atoms with Crippen LogP contribution in [0, 0.1) is 0 Å². The van der Waals surface area contributed by atoms with Crippen molar-refractivity contribution in [3.63, 3.8) is 0 Å². The van der Waals surface area contributed by atoms with Crippen LogP contribution in [-0.4, -0.2) is 37.2 Å². The molecule has 0 rings (SSSR count). The van der Waals surface area contributed by atoms with Gasteiger partial charge in [0.25, 0.3) is 0 Å². The topological polar surface area (TPSA) is 78.9 Å². The predicted octanol–water partition coefficient (Wildman–Crippen LogP) is 18.0. The van der Waals surface area contributed by atoms with Gasteiger partial charge in [0.2, 0.25) is 0 Å². The van der Waals surface area contributed by atoms with Gasteiger partial charge in [-0.15, -0.1) is 0 Å². The van der Waals surface area contributed by atoms with Crippen LogP contribution >= 0.6 is 0 Å². The molecule has 0 heterocycles. The molecule has 0 bridgehead atoms. The molecule has 0 aromatic heterocycles. The molecule has 380 valence electrons. The summed E-state index contributed by atoms with van der Waals surface area (Å²) < 4.78 is 16.8. The molecule has 0 N–H and O–H groups in total. The van der Waals surface area contributed by atoms with Crippen LogP contribution in [0.25, 0.3) is 0 Å². The number of hydrogen-bond acceptors (Lipinski definition) is 6. The van der Waals surface area contributed by atoms with E-state index in [1.807, 2.05) is 72.9 Å². The molecule has 0 spiro atoms. The molecule has 68 heavy (non-hydrogen) atoms. The smallest absolute Gasteiger partial charge is 0.306 e. The van der Waals surface area contributed by atoms with Crippen LogP contribution in [0.15, 0.2) is 146 Å². The van der Waals surface area contributed by atoms with E-state index in [9.17, 15) is 14.4 Å². The van der Waals surface area contributed by atoms with Crippen molar-refractivity contribution < 1.29 is 28.6 Å². The van der Waals surface area contributed by atoms with Gasteiger partial charge in [0.15, 0.2) is 6.10 Å². The lowest BCUT2D eigenvalue weighted by Crippen LogP contribution is -2.30. The fourth-order valence-electron chi connectivity index (χ4n) is 6.77. The second-order valence-electron chi connectivity index (χ2n) is 17.3. The number of hydrogen-bond donors (Lipinski definition) is 0. The highest BCUT2D eigenvalue weighted by atomic mass is 16.6. The number of carbonyl (C=O) groups excluding carboxylic acids is 3. The molecule has 0 aliphatic rings. The van der Waals surface area contributed by atoms with Crippen molar-refractivity contribution in [2.45, 2.75) is 213 Å². The third-order valence-electron chi connectivity index (χ3n) is 10.8. The quantitative estimate of drug-likeness (QED) is 0.0199. The first-order chi connectivity index (χ1) is 33.5. The Morgan fingerprint density at radius 3 is 1.01 bits per heavy atom. The van der Waals surface area contributed by atoms with Gasteiger partial charge >= 0.3 is 17.9 Å². The van der Waals surface area contributed by atoms with Crippen molar-refractivity contribution >= 4 is 17.9 Å². The van der Waals surface area contributed by atoms with Crippen LogP contribution in [0.5, 0.6) is 0 Å². The molecule has 6 nitrogen and oxygen atoms in total. The van der Waals surface area contributed by atoms with E-state index in [2.05, 4.69) is 93.7 Å². The zero-order valence-electron chi connectivity index (χ0n) is 43.3. The van der Waals surface area contributed by atoms with Gasteiger partial charge in [0.1, 0.15) is 13.2 Å². The average Bonchev–Trinajstić information content (AvgIpc) is 3.34. The molecular weight excluding hydrogens is 841 g/mol. The highest BCUT2D eigenvalue weighted by Crippen LogP contribution is 2.13. The zero-order valence-corrected chi connectivity index (χ0v) is 43.3. The maximum atomic E-state index is 12.8. The van der Waals surface area contributed by atoms with Crippen LogP contribution in [0.1, 0.15) is 207 Å². The van der Waals surface area contributed by atoms with E-state index in [1.54, 1.807) is 0 Å². The second kappa shape index (κ2) is 54.9. The normalized spacial score (nSPS) is 13.3. The van der Waals surface area contributed by atoms with Gasteiger partial charge < -0.3 is 14.2 Å². The first-order valence-electron chi connectivity index (χ1n) is 27.0. The summed E-state index contributed by atoms with van der Waals surface area (Å²) in [5.74, 6) is -0.976. The van der Waals surface area contributed by atoms with Gasteiger partial charge in [0, 0.05) is 19.3 Å². The van der Waals surface area contributed by atoms with Gasteiger partial charge in [-0.25, -0.2) is 0 Å². The van der Waals surface area contributed by atoms with Crippen molar-refractivity contribution in [1.29, 1.82) is 0 Å². The Kier molecular flexibility index (Phi) is 51.1. The fourth-order valence-corrected chi connectivity index (χ4v) is 6.77. The summed E-state index contributed by atoms with van der Waals surface area (Å²) in [5.41, 5.74) is 0. The van der Waals surface area contributed by atoms with E-state index in [-0.39, 0.29) is 37.5 Å². The lowest BCUT2D eigenvalue weighted by molar-refractivity contribution is -0.167. The second-order valence-corrected chi connectivity index (χ2v) is 17.3. The van der Waals surface area contributed by atoms with Crippen molar-refractivity contribution in [2.24, 2.45) is 0 Å². The third-order valence-corrected chi connectivity index (χ3v) is 10.8. The Morgan fingerprint density at radius 1 is 0.324 bits per heavy atom. The van der Waals surface area contributed by atoms with Gasteiger partial charge in [-0.05, 0) is 83.5 Å². The van der Waals surface area contributed by atoms with Crippen molar-refractivity contribution in [2.75, 3.05) is 13.2 Å². The molecule has 0 aliphatic heterocycles. The third kappa shape index (κ3) is 52.3. The Morgan fingerprint density at radius 2 is 0.632 bits per heavy atom. The molecular formula is C62H96O6. The molecule has 0 aromatic carbocycles. The van der Waals surface area contributed by atoms with Crippen LogP contribution in [0.2, 0.25) is 0 Å². The number of esters is 3. The van der Waals surface area contributed by atoms with Crippen molar-refractivity contribution in [1.82, 2.24) is 0 Å². The van der Waals surface area contributed by atoms with E-state index < -0.39 is 6.10 Å². The van der Waals surface area contributed by atoms with E-state index in [0.717, 1.165) is 128 Å². The summed E-state index contributed by atoms with van der Waals surface area (Å²) in [6, 6.07) is 0. The standard InChI is InChI=1S/C62H96O6/c1-4-7-10-13-16-19-22-25-28-30-32-34-37-40-43-46-49-52-55-61(64)67-58-59(57-66-60(63)54-51-48-45-42-39-36-27-24-21-18-15-12-9-6-3)68-62(65)56-53-50-47-44-41-38-35-33-31-29-26-23-20-17-14-11-8-5-2/h9-14,16-23,25-26,28-35,59H,4-8,15,24,27,36-58H2,1-3H3/b12-9-,13-10-,14-11-,19-16-,20-17-,21-18-,25-22-,26-23-,30-28-,31-29-,34-32-,35-33-. The van der Waals surface area contributed by atoms with Crippen LogP contribution in [0.4, 0.5) is 0 Å². The minimum Gasteiger partial charge on any atom is -0.462 e.